The van der Waals surface area contributed by atoms with Gasteiger partial charge in [0.15, 0.2) is 0 Å². The minimum absolute atomic E-state index is 0. The predicted molar refractivity (Wildman–Crippen MR) is 51.5 cm³/mol. The van der Waals surface area contributed by atoms with E-state index in [9.17, 15) is 0 Å². The Morgan fingerprint density at radius 3 is 2.00 bits per heavy atom. The molecule has 0 aliphatic rings. The average Bonchev–Trinajstić information content (AvgIpc) is 2.11. The Labute approximate surface area is 102 Å². The first kappa shape index (κ1) is 14.8. The monoisotopic (exact) mass is 238 g/mol. The summed E-state index contributed by atoms with van der Waals surface area (Å²) in [4.78, 5) is 0. The molecule has 0 N–H and O–H groups in total. The van der Waals surface area contributed by atoms with E-state index in [2.05, 4.69) is 31.2 Å². The summed E-state index contributed by atoms with van der Waals surface area (Å²) in [7, 11) is 0. The molecule has 0 nitrogen and oxygen atoms in total. The van der Waals surface area contributed by atoms with Crippen molar-refractivity contribution in [3.05, 3.63) is 42.8 Å². The first-order valence-corrected chi connectivity index (χ1v) is 4.26. The van der Waals surface area contributed by atoms with Crippen molar-refractivity contribution >= 4 is 0 Å². The van der Waals surface area contributed by atoms with Crippen LogP contribution in [-0.4, -0.2) is 0 Å². The topological polar surface area (TPSA) is 0 Å². The summed E-state index contributed by atoms with van der Waals surface area (Å²) in [5.41, 5.74) is 1.38. The summed E-state index contributed by atoms with van der Waals surface area (Å²) in [6, 6.07) is 10.4. The van der Waals surface area contributed by atoms with Crippen molar-refractivity contribution in [1.29, 1.82) is 0 Å². The molecule has 0 aromatic heterocycles. The van der Waals surface area contributed by atoms with Crippen LogP contribution in [-0.2, 0) is 39.1 Å². The molecule has 1 heteroatoms. The Morgan fingerprint density at radius 1 is 1.08 bits per heavy atom. The first-order valence-electron chi connectivity index (χ1n) is 4.26. The van der Waals surface area contributed by atoms with Gasteiger partial charge in [-0.2, -0.15) is 6.42 Å². The number of hydrogen-bond donors (Lipinski definition) is 0. The molecular weight excluding hydrogens is 221 g/mol. The molecule has 0 amide bonds. The van der Waals surface area contributed by atoms with Gasteiger partial charge in [-0.1, -0.05) is 56.2 Å². The van der Waals surface area contributed by atoms with Crippen LogP contribution in [0.2, 0.25) is 0 Å². The van der Waals surface area contributed by atoms with Crippen LogP contribution < -0.4 is 0 Å². The Morgan fingerprint density at radius 2 is 1.58 bits per heavy atom. The molecule has 1 aromatic carbocycles. The Balaban J connectivity index is 0. The van der Waals surface area contributed by atoms with Crippen molar-refractivity contribution in [3.8, 4) is 0 Å². The van der Waals surface area contributed by atoms with E-state index in [1.807, 2.05) is 19.9 Å². The number of aryl methyl sites for hydroxylation is 1. The molecule has 1 radical (unpaired) electrons. The fourth-order valence-corrected chi connectivity index (χ4v) is 0.849. The van der Waals surface area contributed by atoms with Crippen LogP contribution in [0.25, 0.3) is 0 Å². The molecule has 0 unspecified atom stereocenters. The zero-order chi connectivity index (χ0) is 8.53. The van der Waals surface area contributed by atoms with Crippen LogP contribution >= 0.6 is 0 Å². The number of rotatable bonds is 2. The van der Waals surface area contributed by atoms with Crippen molar-refractivity contribution in [2.24, 2.45) is 0 Å². The smallest absolute Gasteiger partial charge is 0 e. The summed E-state index contributed by atoms with van der Waals surface area (Å²) >= 11 is 0. The summed E-state index contributed by atoms with van der Waals surface area (Å²) in [5, 5.41) is 0. The second-order valence-corrected chi connectivity index (χ2v) is 2.09. The first-order chi connectivity index (χ1) is 5.43. The Bertz CT molecular complexity index is 158. The maximum atomic E-state index is 3.78. The molecule has 65 valence electrons. The van der Waals surface area contributed by atoms with Gasteiger partial charge < -0.3 is 6.92 Å². The van der Waals surface area contributed by atoms with Gasteiger partial charge in [-0.3, -0.25) is 0 Å². The van der Waals surface area contributed by atoms with Gasteiger partial charge in [0.1, 0.15) is 0 Å². The second kappa shape index (κ2) is 11.3. The zero-order valence-corrected chi connectivity index (χ0v) is 10.9. The van der Waals surface area contributed by atoms with E-state index >= 15 is 0 Å². The minimum Gasteiger partial charge on any atom is -0.343 e. The number of benzene rings is 1. The third kappa shape index (κ3) is 7.00. The average molecular weight is 238 g/mol. The van der Waals surface area contributed by atoms with Crippen molar-refractivity contribution < 1.29 is 32.7 Å². The molecule has 0 saturated heterocycles. The Hall–Kier alpha value is 0.324. The molecule has 1 rings (SSSR count). The van der Waals surface area contributed by atoms with Gasteiger partial charge >= 0.3 is 0 Å². The van der Waals surface area contributed by atoms with E-state index in [1.165, 1.54) is 5.56 Å². The summed E-state index contributed by atoms with van der Waals surface area (Å²) in [6.07, 6.45) is 2.09. The van der Waals surface area contributed by atoms with Gasteiger partial charge in [-0.25, -0.2) is 0 Å². The zero-order valence-electron chi connectivity index (χ0n) is 8.09. The fourth-order valence-electron chi connectivity index (χ4n) is 0.849. The maximum absolute atomic E-state index is 3.78. The minimum atomic E-state index is 0. The van der Waals surface area contributed by atoms with Crippen molar-refractivity contribution in [3.63, 3.8) is 0 Å². The third-order valence-electron chi connectivity index (χ3n) is 1.31. The van der Waals surface area contributed by atoms with Gasteiger partial charge in [0, 0.05) is 32.7 Å². The quantitative estimate of drug-likeness (QED) is 0.692. The standard InChI is InChI=1S/C9H11.C2H6.Y/c1-2-6-9-7-4-3-5-8-9;1-2;/h3-5,7-8H,1-2,6H2;1-2H3;/q-1;;. The molecule has 1 aromatic rings. The SMILES string of the molecule is CC.[CH2-]CCc1ccccc1.[Y]. The van der Waals surface area contributed by atoms with Crippen LogP contribution in [0, 0.1) is 6.92 Å². The Kier molecular flexibility index (Phi) is 14.0. The number of hydrogen-bond acceptors (Lipinski definition) is 0. The van der Waals surface area contributed by atoms with Crippen LogP contribution in [0.15, 0.2) is 30.3 Å². The molecular formula is C11H17Y-. The maximum Gasteiger partial charge on any atom is 0 e. The van der Waals surface area contributed by atoms with E-state index in [1.54, 1.807) is 0 Å². The van der Waals surface area contributed by atoms with E-state index in [4.69, 9.17) is 0 Å². The van der Waals surface area contributed by atoms with E-state index < -0.39 is 0 Å². The molecule has 0 spiro atoms. The second-order valence-electron chi connectivity index (χ2n) is 2.09. The van der Waals surface area contributed by atoms with E-state index in [-0.39, 0.29) is 32.7 Å². The van der Waals surface area contributed by atoms with Crippen LogP contribution in [0.1, 0.15) is 25.8 Å². The van der Waals surface area contributed by atoms with Gasteiger partial charge in [-0.15, -0.1) is 0 Å². The van der Waals surface area contributed by atoms with E-state index in [0.29, 0.717) is 0 Å². The fraction of sp³-hybridized carbons (Fsp3) is 0.364. The molecule has 0 saturated carbocycles. The van der Waals surface area contributed by atoms with Crippen LogP contribution in [0.4, 0.5) is 0 Å². The molecule has 0 fully saturated rings. The summed E-state index contributed by atoms with van der Waals surface area (Å²) in [5.74, 6) is 0. The molecule has 0 aliphatic heterocycles. The molecule has 0 aliphatic carbocycles. The van der Waals surface area contributed by atoms with Crippen LogP contribution in [0.3, 0.4) is 0 Å². The van der Waals surface area contributed by atoms with E-state index in [0.717, 1.165) is 12.8 Å². The van der Waals surface area contributed by atoms with Crippen molar-refractivity contribution in [2.45, 2.75) is 26.7 Å². The van der Waals surface area contributed by atoms with Gasteiger partial charge in [-0.05, 0) is 0 Å². The third-order valence-corrected chi connectivity index (χ3v) is 1.31. The largest absolute Gasteiger partial charge is 0.343 e. The summed E-state index contributed by atoms with van der Waals surface area (Å²) < 4.78 is 0. The van der Waals surface area contributed by atoms with Gasteiger partial charge in [0.25, 0.3) is 0 Å². The predicted octanol–water partition coefficient (Wildman–Crippen LogP) is 3.48. The molecule has 0 atom stereocenters. The van der Waals surface area contributed by atoms with Crippen molar-refractivity contribution in [2.75, 3.05) is 0 Å². The van der Waals surface area contributed by atoms with Gasteiger partial charge in [0.05, 0.1) is 0 Å². The molecule has 0 bridgehead atoms. The summed E-state index contributed by atoms with van der Waals surface area (Å²) in [6.45, 7) is 7.78. The molecule has 12 heavy (non-hydrogen) atoms. The molecule has 0 heterocycles. The van der Waals surface area contributed by atoms with Gasteiger partial charge in [0.2, 0.25) is 0 Å². The van der Waals surface area contributed by atoms with Crippen LogP contribution in [0.5, 0.6) is 0 Å². The van der Waals surface area contributed by atoms with Crippen molar-refractivity contribution in [1.82, 2.24) is 0 Å². The normalized spacial score (nSPS) is 7.58.